The predicted molar refractivity (Wildman–Crippen MR) is 96.7 cm³/mol. The fourth-order valence-corrected chi connectivity index (χ4v) is 5.12. The normalized spacial score (nSPS) is 17.8. The van der Waals surface area contributed by atoms with E-state index < -0.39 is 0 Å². The number of methoxy groups -OCH3 is 1. The van der Waals surface area contributed by atoms with Gasteiger partial charge in [0.1, 0.15) is 21.0 Å². The number of rotatable bonds is 5. The van der Waals surface area contributed by atoms with Crippen molar-refractivity contribution in [3.63, 3.8) is 0 Å². The molecule has 5 nitrogen and oxygen atoms in total. The third-order valence-electron chi connectivity index (χ3n) is 4.56. The number of hydrogen-bond acceptors (Lipinski definition) is 6. The number of carbonyl (C=O) groups is 1. The molecule has 24 heavy (non-hydrogen) atoms. The average Bonchev–Trinajstić information content (AvgIpc) is 3.27. The monoisotopic (exact) mass is 365 g/mol. The minimum Gasteiger partial charge on any atom is -0.375 e. The molecule has 1 fully saturated rings. The Morgan fingerprint density at radius 1 is 1.33 bits per heavy atom. The van der Waals surface area contributed by atoms with Crippen molar-refractivity contribution in [2.24, 2.45) is 0 Å². The van der Waals surface area contributed by atoms with Crippen molar-refractivity contribution in [2.75, 3.05) is 7.11 Å². The van der Waals surface area contributed by atoms with Crippen molar-refractivity contribution < 1.29 is 9.53 Å². The van der Waals surface area contributed by atoms with Gasteiger partial charge < -0.3 is 10.1 Å². The van der Waals surface area contributed by atoms with Gasteiger partial charge in [0.25, 0.3) is 5.91 Å². The van der Waals surface area contributed by atoms with Gasteiger partial charge in [-0.25, -0.2) is 9.97 Å². The first-order chi connectivity index (χ1) is 11.4. The number of nitrogens with zero attached hydrogens (tertiary/aromatic N) is 2. The number of aryl methyl sites for hydroxylation is 2. The molecule has 1 saturated carbocycles. The number of nitrogens with one attached hydrogen (secondary N) is 1. The molecular weight excluding hydrogens is 342 g/mol. The largest absolute Gasteiger partial charge is 0.375 e. The predicted octanol–water partition coefficient (Wildman–Crippen LogP) is 4.12. The summed E-state index contributed by atoms with van der Waals surface area (Å²) in [4.78, 5) is 22.7. The zero-order valence-electron chi connectivity index (χ0n) is 14.5. The van der Waals surface area contributed by atoms with Gasteiger partial charge in [-0.05, 0) is 33.6 Å². The standard InChI is InChI=1S/C17H23N3O2S2/c1-10-9-23-16(18-10)17(7-5-6-8-17)20-14(21)13-11(2)19-15(24-13)12(3)22-4/h9,12H,5-8H2,1-4H3,(H,20,21). The molecule has 3 rings (SSSR count). The summed E-state index contributed by atoms with van der Waals surface area (Å²) in [5.41, 5.74) is 1.46. The van der Waals surface area contributed by atoms with E-state index in [-0.39, 0.29) is 17.6 Å². The zero-order chi connectivity index (χ0) is 17.3. The third-order valence-corrected chi connectivity index (χ3v) is 7.04. The first kappa shape index (κ1) is 17.5. The number of amides is 1. The molecule has 1 unspecified atom stereocenters. The Morgan fingerprint density at radius 2 is 2.04 bits per heavy atom. The molecule has 0 saturated heterocycles. The second-order valence-electron chi connectivity index (χ2n) is 6.38. The minimum absolute atomic E-state index is 0.0469. The van der Waals surface area contributed by atoms with Crippen molar-refractivity contribution in [1.29, 1.82) is 0 Å². The van der Waals surface area contributed by atoms with Crippen LogP contribution < -0.4 is 5.32 Å². The fraction of sp³-hybridized carbons (Fsp3) is 0.588. The van der Waals surface area contributed by atoms with Gasteiger partial charge in [0.05, 0.1) is 11.2 Å². The highest BCUT2D eigenvalue weighted by molar-refractivity contribution is 7.14. The molecule has 2 aromatic rings. The minimum atomic E-state index is -0.320. The van der Waals surface area contributed by atoms with Crippen molar-refractivity contribution in [2.45, 2.75) is 58.1 Å². The Bertz CT molecular complexity index is 732. The van der Waals surface area contributed by atoms with Crippen molar-refractivity contribution in [3.8, 4) is 0 Å². The smallest absolute Gasteiger partial charge is 0.264 e. The third kappa shape index (κ3) is 3.25. The van der Waals surface area contributed by atoms with Gasteiger partial charge in [-0.1, -0.05) is 12.8 Å². The van der Waals surface area contributed by atoms with E-state index in [0.29, 0.717) is 4.88 Å². The molecule has 2 aromatic heterocycles. The lowest BCUT2D eigenvalue weighted by Crippen LogP contribution is -2.43. The van der Waals surface area contributed by atoms with Gasteiger partial charge in [0.15, 0.2) is 0 Å². The summed E-state index contributed by atoms with van der Waals surface area (Å²) < 4.78 is 5.32. The van der Waals surface area contributed by atoms with Crippen LogP contribution in [-0.4, -0.2) is 23.0 Å². The van der Waals surface area contributed by atoms with E-state index in [1.54, 1.807) is 18.4 Å². The van der Waals surface area contributed by atoms with Crippen LogP contribution in [0.2, 0.25) is 0 Å². The van der Waals surface area contributed by atoms with Crippen molar-refractivity contribution >= 4 is 28.6 Å². The lowest BCUT2D eigenvalue weighted by Gasteiger charge is -2.28. The SMILES string of the molecule is COC(C)c1nc(C)c(C(=O)NC2(c3nc(C)cs3)CCCC2)s1. The van der Waals surface area contributed by atoms with Gasteiger partial charge >= 0.3 is 0 Å². The van der Waals surface area contributed by atoms with E-state index in [1.807, 2.05) is 20.8 Å². The van der Waals surface area contributed by atoms with Crippen LogP contribution in [-0.2, 0) is 10.3 Å². The molecule has 0 aliphatic heterocycles. The molecule has 1 atom stereocenters. The molecule has 2 heterocycles. The maximum Gasteiger partial charge on any atom is 0.264 e. The molecular formula is C17H23N3O2S2. The summed E-state index contributed by atoms with van der Waals surface area (Å²) in [6.45, 7) is 5.82. The van der Waals surface area contributed by atoms with Gasteiger partial charge in [-0.15, -0.1) is 22.7 Å². The Hall–Kier alpha value is -1.31. The molecule has 1 amide bonds. The van der Waals surface area contributed by atoms with Crippen LogP contribution in [0.3, 0.4) is 0 Å². The highest BCUT2D eigenvalue weighted by Gasteiger charge is 2.40. The van der Waals surface area contributed by atoms with Crippen LogP contribution in [0.5, 0.6) is 0 Å². The maximum absolute atomic E-state index is 12.9. The van der Waals surface area contributed by atoms with Gasteiger partial charge in [0.2, 0.25) is 0 Å². The maximum atomic E-state index is 12.9. The Balaban J connectivity index is 1.86. The topological polar surface area (TPSA) is 64.1 Å². The molecule has 1 N–H and O–H groups in total. The molecule has 1 aliphatic carbocycles. The first-order valence-electron chi connectivity index (χ1n) is 8.20. The number of carbonyl (C=O) groups excluding carboxylic acids is 1. The Kier molecular flexibility index (Phi) is 5.03. The van der Waals surface area contributed by atoms with E-state index in [1.165, 1.54) is 11.3 Å². The van der Waals surface area contributed by atoms with E-state index in [0.717, 1.165) is 47.1 Å². The molecule has 0 radical (unpaired) electrons. The van der Waals surface area contributed by atoms with E-state index >= 15 is 0 Å². The van der Waals surface area contributed by atoms with Crippen LogP contribution in [0.1, 0.15) is 69.8 Å². The molecule has 130 valence electrons. The summed E-state index contributed by atoms with van der Waals surface area (Å²) in [7, 11) is 1.65. The van der Waals surface area contributed by atoms with E-state index in [4.69, 9.17) is 4.74 Å². The van der Waals surface area contributed by atoms with Crippen molar-refractivity contribution in [3.05, 3.63) is 31.7 Å². The van der Waals surface area contributed by atoms with Crippen LogP contribution in [0.25, 0.3) is 0 Å². The second kappa shape index (κ2) is 6.90. The highest BCUT2D eigenvalue weighted by Crippen LogP contribution is 2.40. The summed E-state index contributed by atoms with van der Waals surface area (Å²) in [5, 5.41) is 7.21. The summed E-state index contributed by atoms with van der Waals surface area (Å²) in [5.74, 6) is -0.0469. The number of thiazole rings is 2. The molecule has 0 aromatic carbocycles. The first-order valence-corrected chi connectivity index (χ1v) is 9.90. The van der Waals surface area contributed by atoms with Crippen LogP contribution in [0.15, 0.2) is 5.38 Å². The molecule has 7 heteroatoms. The summed E-state index contributed by atoms with van der Waals surface area (Å²) >= 11 is 3.06. The van der Waals surface area contributed by atoms with Crippen molar-refractivity contribution in [1.82, 2.24) is 15.3 Å². The quantitative estimate of drug-likeness (QED) is 0.865. The lowest BCUT2D eigenvalue weighted by atomic mass is 9.98. The Labute approximate surface area is 150 Å². The number of aromatic nitrogens is 2. The van der Waals surface area contributed by atoms with Crippen LogP contribution >= 0.6 is 22.7 Å². The van der Waals surface area contributed by atoms with Crippen LogP contribution in [0.4, 0.5) is 0 Å². The zero-order valence-corrected chi connectivity index (χ0v) is 16.1. The second-order valence-corrected chi connectivity index (χ2v) is 8.27. The molecule has 1 aliphatic rings. The van der Waals surface area contributed by atoms with E-state index in [2.05, 4.69) is 20.7 Å². The fourth-order valence-electron chi connectivity index (χ4n) is 3.12. The van der Waals surface area contributed by atoms with Crippen LogP contribution in [0, 0.1) is 13.8 Å². The van der Waals surface area contributed by atoms with Gasteiger partial charge in [-0.3, -0.25) is 4.79 Å². The average molecular weight is 366 g/mol. The van der Waals surface area contributed by atoms with Gasteiger partial charge in [-0.2, -0.15) is 0 Å². The lowest BCUT2D eigenvalue weighted by molar-refractivity contribution is 0.0901. The summed E-state index contributed by atoms with van der Waals surface area (Å²) in [6.07, 6.45) is 4.03. The number of ether oxygens (including phenoxy) is 1. The highest BCUT2D eigenvalue weighted by atomic mass is 32.1. The van der Waals surface area contributed by atoms with E-state index in [9.17, 15) is 4.79 Å². The Morgan fingerprint density at radius 3 is 2.62 bits per heavy atom. The molecule has 0 spiro atoms. The summed E-state index contributed by atoms with van der Waals surface area (Å²) in [6, 6.07) is 0. The van der Waals surface area contributed by atoms with Gasteiger partial charge in [0, 0.05) is 18.2 Å². The molecule has 0 bridgehead atoms. The number of hydrogen-bond donors (Lipinski definition) is 1.